The van der Waals surface area contributed by atoms with Gasteiger partial charge in [0.25, 0.3) is 0 Å². The van der Waals surface area contributed by atoms with E-state index >= 15 is 0 Å². The highest BCUT2D eigenvalue weighted by Crippen LogP contribution is 2.36. The molecule has 1 aromatic carbocycles. The third-order valence-electron chi connectivity index (χ3n) is 3.51. The summed E-state index contributed by atoms with van der Waals surface area (Å²) in [5, 5.41) is 0.720. The summed E-state index contributed by atoms with van der Waals surface area (Å²) in [6, 6.07) is 7.69. The van der Waals surface area contributed by atoms with E-state index < -0.39 is 5.79 Å². The van der Waals surface area contributed by atoms with Gasteiger partial charge in [0.1, 0.15) is 5.82 Å². The number of H-pyrrole nitrogens is 1. The summed E-state index contributed by atoms with van der Waals surface area (Å²) in [4.78, 5) is 7.34. The molecular weight excluding hydrogens is 276 g/mol. The van der Waals surface area contributed by atoms with E-state index in [1.54, 1.807) is 6.20 Å². The lowest BCUT2D eigenvalue weighted by Gasteiger charge is -2.28. The van der Waals surface area contributed by atoms with Crippen LogP contribution in [0.25, 0.3) is 0 Å². The summed E-state index contributed by atoms with van der Waals surface area (Å²) in [5.41, 5.74) is 1.03. The third kappa shape index (κ3) is 2.87. The van der Waals surface area contributed by atoms with Crippen LogP contribution in [0.5, 0.6) is 0 Å². The average molecular weight is 293 g/mol. The number of aromatic nitrogens is 2. The first kappa shape index (κ1) is 13.6. The summed E-state index contributed by atoms with van der Waals surface area (Å²) in [6.45, 7) is 1.26. The Labute approximate surface area is 123 Å². The van der Waals surface area contributed by atoms with Gasteiger partial charge in [-0.15, -0.1) is 0 Å². The van der Waals surface area contributed by atoms with Crippen LogP contribution < -0.4 is 0 Å². The van der Waals surface area contributed by atoms with E-state index in [-0.39, 0.29) is 0 Å². The van der Waals surface area contributed by atoms with Crippen molar-refractivity contribution in [2.45, 2.75) is 25.0 Å². The first-order valence-corrected chi connectivity index (χ1v) is 7.18. The third-order valence-corrected chi connectivity index (χ3v) is 3.76. The standard InChI is InChI=1S/C15H17ClN2O2/c16-13-5-3-12(4-6-13)15(19-10-11-20-15)7-1-2-14-17-8-9-18-14/h3-6,8-9H,1-2,7,10-11H2,(H,17,18). The van der Waals surface area contributed by atoms with Crippen molar-refractivity contribution in [3.63, 3.8) is 0 Å². The fourth-order valence-corrected chi connectivity index (χ4v) is 2.66. The number of hydrogen-bond acceptors (Lipinski definition) is 3. The lowest BCUT2D eigenvalue weighted by molar-refractivity contribution is -0.171. The smallest absolute Gasteiger partial charge is 0.194 e. The molecule has 0 amide bonds. The minimum Gasteiger partial charge on any atom is -0.349 e. The minimum atomic E-state index is -0.628. The molecule has 2 aromatic rings. The molecule has 1 N–H and O–H groups in total. The number of benzene rings is 1. The van der Waals surface area contributed by atoms with Crippen molar-refractivity contribution in [3.8, 4) is 0 Å². The van der Waals surface area contributed by atoms with Gasteiger partial charge in [0.05, 0.1) is 13.2 Å². The van der Waals surface area contributed by atoms with Crippen LogP contribution >= 0.6 is 11.6 Å². The van der Waals surface area contributed by atoms with Gasteiger partial charge in [-0.1, -0.05) is 23.7 Å². The molecule has 3 rings (SSSR count). The van der Waals surface area contributed by atoms with Crippen LogP contribution in [0.4, 0.5) is 0 Å². The number of aryl methyl sites for hydroxylation is 1. The Hall–Kier alpha value is -1.36. The van der Waals surface area contributed by atoms with Crippen LogP contribution in [0.3, 0.4) is 0 Å². The summed E-state index contributed by atoms with van der Waals surface area (Å²) in [7, 11) is 0. The SMILES string of the molecule is Clc1ccc(C2(CCCc3ncc[nH]3)OCCO2)cc1. The fourth-order valence-electron chi connectivity index (χ4n) is 2.54. The van der Waals surface area contributed by atoms with Crippen LogP contribution in [0.15, 0.2) is 36.7 Å². The zero-order valence-corrected chi connectivity index (χ0v) is 11.9. The van der Waals surface area contributed by atoms with Crippen LogP contribution in [-0.4, -0.2) is 23.2 Å². The highest BCUT2D eigenvalue weighted by molar-refractivity contribution is 6.30. The molecule has 0 radical (unpaired) electrons. The second-order valence-corrected chi connectivity index (χ2v) is 5.28. The summed E-state index contributed by atoms with van der Waals surface area (Å²) in [6.07, 6.45) is 6.24. The summed E-state index contributed by atoms with van der Waals surface area (Å²) >= 11 is 5.94. The molecule has 0 atom stereocenters. The zero-order chi connectivity index (χ0) is 13.8. The van der Waals surface area contributed by atoms with Gasteiger partial charge in [-0.3, -0.25) is 0 Å². The molecule has 1 aliphatic rings. The van der Waals surface area contributed by atoms with Gasteiger partial charge in [-0.25, -0.2) is 4.98 Å². The maximum absolute atomic E-state index is 5.94. The lowest BCUT2D eigenvalue weighted by Crippen LogP contribution is -2.27. The largest absolute Gasteiger partial charge is 0.349 e. The average Bonchev–Trinajstić information content (AvgIpc) is 3.12. The van der Waals surface area contributed by atoms with Crippen molar-refractivity contribution in [2.75, 3.05) is 13.2 Å². The molecular formula is C15H17ClN2O2. The Balaban J connectivity index is 1.69. The predicted molar refractivity (Wildman–Crippen MR) is 76.6 cm³/mol. The Morgan fingerprint density at radius 3 is 2.60 bits per heavy atom. The molecule has 1 fully saturated rings. The molecule has 0 saturated carbocycles. The summed E-state index contributed by atoms with van der Waals surface area (Å²) < 4.78 is 11.8. The molecule has 4 nitrogen and oxygen atoms in total. The van der Waals surface area contributed by atoms with Crippen LogP contribution in [-0.2, 0) is 21.7 Å². The molecule has 5 heteroatoms. The topological polar surface area (TPSA) is 47.1 Å². The molecule has 106 valence electrons. The zero-order valence-electron chi connectivity index (χ0n) is 11.1. The second kappa shape index (κ2) is 5.95. The summed E-state index contributed by atoms with van der Waals surface area (Å²) in [5.74, 6) is 0.367. The van der Waals surface area contributed by atoms with Crippen molar-refractivity contribution in [2.24, 2.45) is 0 Å². The number of ether oxygens (including phenoxy) is 2. The molecule has 2 heterocycles. The van der Waals surface area contributed by atoms with Gasteiger partial charge < -0.3 is 14.5 Å². The number of aromatic amines is 1. The van der Waals surface area contributed by atoms with Crippen molar-refractivity contribution in [1.82, 2.24) is 9.97 Å². The van der Waals surface area contributed by atoms with E-state index in [1.165, 1.54) is 0 Å². The van der Waals surface area contributed by atoms with Crippen molar-refractivity contribution in [1.29, 1.82) is 0 Å². The van der Waals surface area contributed by atoms with Gasteiger partial charge >= 0.3 is 0 Å². The maximum Gasteiger partial charge on any atom is 0.194 e. The number of rotatable bonds is 5. The Morgan fingerprint density at radius 1 is 1.20 bits per heavy atom. The number of halogens is 1. The second-order valence-electron chi connectivity index (χ2n) is 4.85. The Morgan fingerprint density at radius 2 is 1.95 bits per heavy atom. The van der Waals surface area contributed by atoms with E-state index in [2.05, 4.69) is 9.97 Å². The van der Waals surface area contributed by atoms with Gasteiger partial charge in [0.2, 0.25) is 0 Å². The van der Waals surface area contributed by atoms with E-state index in [4.69, 9.17) is 21.1 Å². The minimum absolute atomic E-state index is 0.628. The quantitative estimate of drug-likeness (QED) is 0.920. The molecule has 1 saturated heterocycles. The molecule has 0 spiro atoms. The van der Waals surface area contributed by atoms with Gasteiger partial charge in [-0.05, 0) is 18.6 Å². The molecule has 0 unspecified atom stereocenters. The number of nitrogens with zero attached hydrogens (tertiary/aromatic N) is 1. The molecule has 1 aromatic heterocycles. The lowest BCUT2D eigenvalue weighted by atomic mass is 9.99. The first-order valence-electron chi connectivity index (χ1n) is 6.81. The van der Waals surface area contributed by atoms with Gasteiger partial charge in [0, 0.05) is 35.8 Å². The highest BCUT2D eigenvalue weighted by Gasteiger charge is 2.37. The highest BCUT2D eigenvalue weighted by atomic mass is 35.5. The number of imidazole rings is 1. The molecule has 20 heavy (non-hydrogen) atoms. The van der Waals surface area contributed by atoms with Gasteiger partial charge in [0.15, 0.2) is 5.79 Å². The van der Waals surface area contributed by atoms with Crippen LogP contribution in [0, 0.1) is 0 Å². The predicted octanol–water partition coefficient (Wildman–Crippen LogP) is 3.29. The molecule has 0 aliphatic carbocycles. The van der Waals surface area contributed by atoms with Crippen molar-refractivity contribution in [3.05, 3.63) is 53.1 Å². The molecule has 0 bridgehead atoms. The van der Waals surface area contributed by atoms with Crippen LogP contribution in [0.2, 0.25) is 5.02 Å². The Bertz CT molecular complexity index is 534. The van der Waals surface area contributed by atoms with Crippen LogP contribution in [0.1, 0.15) is 24.2 Å². The fraction of sp³-hybridized carbons (Fsp3) is 0.400. The monoisotopic (exact) mass is 292 g/mol. The van der Waals surface area contributed by atoms with Crippen molar-refractivity contribution >= 4 is 11.6 Å². The van der Waals surface area contributed by atoms with Crippen molar-refractivity contribution < 1.29 is 9.47 Å². The Kier molecular flexibility index (Phi) is 4.05. The van der Waals surface area contributed by atoms with E-state index in [9.17, 15) is 0 Å². The normalized spacial score (nSPS) is 17.4. The van der Waals surface area contributed by atoms with Gasteiger partial charge in [-0.2, -0.15) is 0 Å². The molecule has 1 aliphatic heterocycles. The number of nitrogens with one attached hydrogen (secondary N) is 1. The van der Waals surface area contributed by atoms with E-state index in [0.29, 0.717) is 13.2 Å². The first-order chi connectivity index (χ1) is 9.78. The number of hydrogen-bond donors (Lipinski definition) is 1. The maximum atomic E-state index is 5.94. The van der Waals surface area contributed by atoms with E-state index in [1.807, 2.05) is 30.5 Å². The van der Waals surface area contributed by atoms with E-state index in [0.717, 1.165) is 35.7 Å².